The lowest BCUT2D eigenvalue weighted by Crippen LogP contribution is -2.08. The summed E-state index contributed by atoms with van der Waals surface area (Å²) < 4.78 is 1.14. The summed E-state index contributed by atoms with van der Waals surface area (Å²) in [5.41, 5.74) is 6.40. The van der Waals surface area contributed by atoms with Crippen molar-refractivity contribution >= 4 is 21.6 Å². The third-order valence-electron chi connectivity index (χ3n) is 3.45. The lowest BCUT2D eigenvalue weighted by molar-refractivity contribution is 0.873. The fourth-order valence-corrected chi connectivity index (χ4v) is 2.70. The van der Waals surface area contributed by atoms with E-state index in [1.807, 2.05) is 0 Å². The number of aryl methyl sites for hydroxylation is 3. The smallest absolute Gasteiger partial charge is 0.0488 e. The van der Waals surface area contributed by atoms with Crippen LogP contribution in [0.2, 0.25) is 0 Å². The third kappa shape index (κ3) is 3.38. The van der Waals surface area contributed by atoms with Gasteiger partial charge in [0.1, 0.15) is 0 Å². The van der Waals surface area contributed by atoms with Gasteiger partial charge in [-0.3, -0.25) is 0 Å². The molecule has 0 saturated heterocycles. The normalized spacial score (nSPS) is 12.3. The highest BCUT2D eigenvalue weighted by Gasteiger charge is 2.08. The van der Waals surface area contributed by atoms with Crippen LogP contribution in [0.5, 0.6) is 0 Å². The van der Waals surface area contributed by atoms with Crippen molar-refractivity contribution in [2.45, 2.75) is 33.7 Å². The maximum Gasteiger partial charge on any atom is 0.0488 e. The molecule has 0 aromatic heterocycles. The maximum atomic E-state index is 3.58. The highest BCUT2D eigenvalue weighted by molar-refractivity contribution is 9.10. The molecule has 1 unspecified atom stereocenters. The molecule has 19 heavy (non-hydrogen) atoms. The first-order chi connectivity index (χ1) is 8.97. The predicted octanol–water partition coefficient (Wildman–Crippen LogP) is 5.55. The molecule has 0 aliphatic heterocycles. The number of hydrogen-bond acceptors (Lipinski definition) is 1. The van der Waals surface area contributed by atoms with E-state index in [0.29, 0.717) is 6.04 Å². The summed E-state index contributed by atoms with van der Waals surface area (Å²) in [6.45, 7) is 8.60. The zero-order valence-corrected chi connectivity index (χ0v) is 13.5. The van der Waals surface area contributed by atoms with Crippen LogP contribution in [0.25, 0.3) is 0 Å². The molecule has 2 heteroatoms. The van der Waals surface area contributed by atoms with Crippen LogP contribution in [0.3, 0.4) is 0 Å². The molecule has 0 bridgehead atoms. The molecule has 1 atom stereocenters. The van der Waals surface area contributed by atoms with Crippen LogP contribution in [0.15, 0.2) is 40.9 Å². The molecule has 100 valence electrons. The average Bonchev–Trinajstić information content (AvgIpc) is 2.33. The Hall–Kier alpha value is -1.28. The van der Waals surface area contributed by atoms with E-state index in [9.17, 15) is 0 Å². The summed E-state index contributed by atoms with van der Waals surface area (Å²) in [5, 5.41) is 3.56. The van der Waals surface area contributed by atoms with Crippen LogP contribution in [-0.2, 0) is 0 Å². The Bertz CT molecular complexity index is 590. The molecule has 0 fully saturated rings. The topological polar surface area (TPSA) is 12.0 Å². The number of anilines is 1. The highest BCUT2D eigenvalue weighted by atomic mass is 79.9. The van der Waals surface area contributed by atoms with Gasteiger partial charge in [0, 0.05) is 16.2 Å². The molecule has 0 spiro atoms. The second-order valence-electron chi connectivity index (χ2n) is 5.19. The molecule has 2 aromatic carbocycles. The van der Waals surface area contributed by atoms with Crippen molar-refractivity contribution in [3.8, 4) is 0 Å². The Morgan fingerprint density at radius 1 is 0.947 bits per heavy atom. The molecule has 2 aromatic rings. The molecule has 0 amide bonds. The summed E-state index contributed by atoms with van der Waals surface area (Å²) in [6.07, 6.45) is 0. The zero-order chi connectivity index (χ0) is 14.0. The molecular formula is C17H20BrN. The minimum absolute atomic E-state index is 0.301. The number of rotatable bonds is 3. The number of hydrogen-bond donors (Lipinski definition) is 1. The fraction of sp³-hybridized carbons (Fsp3) is 0.294. The maximum absolute atomic E-state index is 3.58. The average molecular weight is 318 g/mol. The van der Waals surface area contributed by atoms with Gasteiger partial charge in [-0.05, 0) is 56.5 Å². The van der Waals surface area contributed by atoms with Crippen molar-refractivity contribution < 1.29 is 0 Å². The minimum atomic E-state index is 0.301. The SMILES string of the molecule is Cc1ccc(C(C)Nc2ccc(C)c(Br)c2)c(C)c1. The van der Waals surface area contributed by atoms with Crippen molar-refractivity contribution in [2.24, 2.45) is 0 Å². The van der Waals surface area contributed by atoms with E-state index < -0.39 is 0 Å². The Kier molecular flexibility index (Phi) is 4.31. The van der Waals surface area contributed by atoms with Gasteiger partial charge in [0.25, 0.3) is 0 Å². The van der Waals surface area contributed by atoms with Crippen LogP contribution in [0.4, 0.5) is 5.69 Å². The van der Waals surface area contributed by atoms with Gasteiger partial charge in [0.2, 0.25) is 0 Å². The molecule has 0 radical (unpaired) electrons. The highest BCUT2D eigenvalue weighted by Crippen LogP contribution is 2.26. The Labute approximate surface area is 124 Å². The van der Waals surface area contributed by atoms with Crippen molar-refractivity contribution in [2.75, 3.05) is 5.32 Å². The molecule has 1 nitrogen and oxygen atoms in total. The van der Waals surface area contributed by atoms with E-state index >= 15 is 0 Å². The Balaban J connectivity index is 2.20. The van der Waals surface area contributed by atoms with Gasteiger partial charge in [-0.25, -0.2) is 0 Å². The monoisotopic (exact) mass is 317 g/mol. The van der Waals surface area contributed by atoms with Gasteiger partial charge >= 0.3 is 0 Å². The van der Waals surface area contributed by atoms with E-state index in [2.05, 4.69) is 85.3 Å². The second kappa shape index (κ2) is 5.79. The molecule has 2 rings (SSSR count). The van der Waals surface area contributed by atoms with Gasteiger partial charge in [-0.1, -0.05) is 45.8 Å². The first-order valence-corrected chi connectivity index (χ1v) is 7.36. The fourth-order valence-electron chi connectivity index (χ4n) is 2.32. The summed E-state index contributed by atoms with van der Waals surface area (Å²) >= 11 is 3.58. The number of halogens is 1. The second-order valence-corrected chi connectivity index (χ2v) is 6.04. The molecule has 0 saturated carbocycles. The molecule has 0 aliphatic rings. The van der Waals surface area contributed by atoms with E-state index in [-0.39, 0.29) is 0 Å². The third-order valence-corrected chi connectivity index (χ3v) is 4.30. The van der Waals surface area contributed by atoms with Crippen LogP contribution < -0.4 is 5.32 Å². The van der Waals surface area contributed by atoms with Crippen LogP contribution in [0.1, 0.15) is 35.2 Å². The standard InChI is InChI=1S/C17H20BrN/c1-11-5-8-16(13(3)9-11)14(4)19-15-7-6-12(2)17(18)10-15/h5-10,14,19H,1-4H3. The predicted molar refractivity (Wildman–Crippen MR) is 86.8 cm³/mol. The van der Waals surface area contributed by atoms with Crippen LogP contribution >= 0.6 is 15.9 Å². The quantitative estimate of drug-likeness (QED) is 0.782. The first kappa shape index (κ1) is 14.1. The van der Waals surface area contributed by atoms with Gasteiger partial charge in [-0.15, -0.1) is 0 Å². The van der Waals surface area contributed by atoms with Crippen molar-refractivity contribution in [3.05, 3.63) is 63.1 Å². The lowest BCUT2D eigenvalue weighted by Gasteiger charge is -2.19. The molecule has 1 N–H and O–H groups in total. The van der Waals surface area contributed by atoms with E-state index in [4.69, 9.17) is 0 Å². The first-order valence-electron chi connectivity index (χ1n) is 6.57. The largest absolute Gasteiger partial charge is 0.378 e. The minimum Gasteiger partial charge on any atom is -0.378 e. The van der Waals surface area contributed by atoms with Gasteiger partial charge in [0.05, 0.1) is 0 Å². The van der Waals surface area contributed by atoms with Crippen molar-refractivity contribution in [1.29, 1.82) is 0 Å². The van der Waals surface area contributed by atoms with E-state index in [0.717, 1.165) is 10.2 Å². The molecule has 0 aliphatic carbocycles. The zero-order valence-electron chi connectivity index (χ0n) is 11.9. The van der Waals surface area contributed by atoms with Gasteiger partial charge in [0.15, 0.2) is 0 Å². The number of benzene rings is 2. The lowest BCUT2D eigenvalue weighted by atomic mass is 10.00. The summed E-state index contributed by atoms with van der Waals surface area (Å²) in [7, 11) is 0. The van der Waals surface area contributed by atoms with Crippen molar-refractivity contribution in [3.63, 3.8) is 0 Å². The number of nitrogens with one attached hydrogen (secondary N) is 1. The van der Waals surface area contributed by atoms with E-state index in [1.54, 1.807) is 0 Å². The Morgan fingerprint density at radius 2 is 1.68 bits per heavy atom. The van der Waals surface area contributed by atoms with E-state index in [1.165, 1.54) is 22.3 Å². The van der Waals surface area contributed by atoms with Crippen LogP contribution in [-0.4, -0.2) is 0 Å². The summed E-state index contributed by atoms with van der Waals surface area (Å²) in [6, 6.07) is 13.3. The van der Waals surface area contributed by atoms with Gasteiger partial charge < -0.3 is 5.32 Å². The Morgan fingerprint density at radius 3 is 2.32 bits per heavy atom. The van der Waals surface area contributed by atoms with Crippen LogP contribution in [0, 0.1) is 20.8 Å². The molecular weight excluding hydrogens is 298 g/mol. The summed E-state index contributed by atoms with van der Waals surface area (Å²) in [5.74, 6) is 0. The molecule has 0 heterocycles. The summed E-state index contributed by atoms with van der Waals surface area (Å²) in [4.78, 5) is 0. The van der Waals surface area contributed by atoms with Crippen molar-refractivity contribution in [1.82, 2.24) is 0 Å². The van der Waals surface area contributed by atoms with Gasteiger partial charge in [-0.2, -0.15) is 0 Å².